The highest BCUT2D eigenvalue weighted by Gasteiger charge is 2.16. The first-order valence-electron chi connectivity index (χ1n) is 7.47. The van der Waals surface area contributed by atoms with E-state index < -0.39 is 10.0 Å². The van der Waals surface area contributed by atoms with E-state index in [1.807, 2.05) is 13.0 Å². The normalized spacial score (nSPS) is 12.4. The Balaban J connectivity index is 2.50. The molecular formula is C15H26N4O2S. The minimum absolute atomic E-state index is 0.250. The summed E-state index contributed by atoms with van der Waals surface area (Å²) in [6, 6.07) is 5.37. The molecule has 0 fully saturated rings. The van der Waals surface area contributed by atoms with E-state index in [2.05, 4.69) is 22.0 Å². The zero-order chi connectivity index (χ0) is 16.6. The van der Waals surface area contributed by atoms with Crippen molar-refractivity contribution in [2.45, 2.75) is 38.5 Å². The minimum Gasteiger partial charge on any atom is -0.370 e. The summed E-state index contributed by atoms with van der Waals surface area (Å²) in [5, 5.41) is 2.89. The average Bonchev–Trinajstić information content (AvgIpc) is 2.46. The molecule has 0 unspecified atom stereocenters. The number of nitrogens with two attached hydrogens (primary N) is 1. The molecular weight excluding hydrogens is 300 g/mol. The van der Waals surface area contributed by atoms with Crippen LogP contribution >= 0.6 is 0 Å². The van der Waals surface area contributed by atoms with Gasteiger partial charge in [-0.25, -0.2) is 13.1 Å². The molecule has 22 heavy (non-hydrogen) atoms. The topological polar surface area (TPSA) is 96.6 Å². The molecule has 0 aliphatic carbocycles. The molecule has 7 heteroatoms. The summed E-state index contributed by atoms with van der Waals surface area (Å²) in [4.78, 5) is 4.45. The van der Waals surface area contributed by atoms with Gasteiger partial charge in [-0.2, -0.15) is 0 Å². The fourth-order valence-corrected chi connectivity index (χ4v) is 3.22. The van der Waals surface area contributed by atoms with Gasteiger partial charge < -0.3 is 11.1 Å². The van der Waals surface area contributed by atoms with Gasteiger partial charge in [-0.1, -0.05) is 25.5 Å². The summed E-state index contributed by atoms with van der Waals surface area (Å²) < 4.78 is 27.1. The van der Waals surface area contributed by atoms with Gasteiger partial charge in [-0.05, 0) is 37.5 Å². The van der Waals surface area contributed by atoms with E-state index in [0.29, 0.717) is 23.9 Å². The largest absolute Gasteiger partial charge is 0.370 e. The van der Waals surface area contributed by atoms with Gasteiger partial charge in [0.2, 0.25) is 10.0 Å². The van der Waals surface area contributed by atoms with Crippen molar-refractivity contribution in [1.29, 1.82) is 0 Å². The maximum atomic E-state index is 12.3. The lowest BCUT2D eigenvalue weighted by atomic mass is 10.2. The van der Waals surface area contributed by atoms with Gasteiger partial charge in [0.1, 0.15) is 0 Å². The summed E-state index contributed by atoms with van der Waals surface area (Å²) in [5.74, 6) is 0.347. The highest BCUT2D eigenvalue weighted by Crippen LogP contribution is 2.16. The van der Waals surface area contributed by atoms with Crippen molar-refractivity contribution in [3.05, 3.63) is 29.3 Å². The number of nitrogens with one attached hydrogen (secondary N) is 2. The Labute approximate surface area is 133 Å². The van der Waals surface area contributed by atoms with Crippen LogP contribution in [0.15, 0.2) is 28.1 Å². The molecule has 1 aromatic carbocycles. The molecule has 0 atom stereocenters. The number of aliphatic imine (C=N–C) groups is 1. The van der Waals surface area contributed by atoms with E-state index in [4.69, 9.17) is 5.73 Å². The molecule has 0 spiro atoms. The lowest BCUT2D eigenvalue weighted by molar-refractivity contribution is 0.580. The predicted octanol–water partition coefficient (Wildman–Crippen LogP) is 1.29. The zero-order valence-electron chi connectivity index (χ0n) is 13.5. The van der Waals surface area contributed by atoms with Crippen molar-refractivity contribution >= 4 is 16.0 Å². The standard InChI is InChI=1S/C15H26N4O2S/c1-4-5-8-17-15(16)18-9-10-19-22(20,21)14-11-12(2)6-7-13(14)3/h6-7,11,19H,4-5,8-10H2,1-3H3,(H3,16,17,18). The van der Waals surface area contributed by atoms with Gasteiger partial charge in [0, 0.05) is 19.6 Å². The molecule has 0 radical (unpaired) electrons. The first kappa shape index (κ1) is 18.4. The van der Waals surface area contributed by atoms with Crippen LogP contribution in [0.3, 0.4) is 0 Å². The lowest BCUT2D eigenvalue weighted by Crippen LogP contribution is -2.38. The Morgan fingerprint density at radius 1 is 1.27 bits per heavy atom. The molecule has 124 valence electrons. The van der Waals surface area contributed by atoms with Crippen molar-refractivity contribution in [2.75, 3.05) is 19.6 Å². The third kappa shape index (κ3) is 6.03. The second-order valence-corrected chi connectivity index (χ2v) is 6.95. The quantitative estimate of drug-likeness (QED) is 0.381. The summed E-state index contributed by atoms with van der Waals surface area (Å²) in [7, 11) is -3.50. The Bertz CT molecular complexity index is 612. The number of hydrogen-bond acceptors (Lipinski definition) is 3. The van der Waals surface area contributed by atoms with Crippen LogP contribution in [0.2, 0.25) is 0 Å². The van der Waals surface area contributed by atoms with Crippen LogP contribution in [0.5, 0.6) is 0 Å². The Morgan fingerprint density at radius 2 is 2.00 bits per heavy atom. The summed E-state index contributed by atoms with van der Waals surface area (Å²) in [5.41, 5.74) is 7.32. The van der Waals surface area contributed by atoms with E-state index in [9.17, 15) is 8.42 Å². The summed E-state index contributed by atoms with van der Waals surface area (Å²) >= 11 is 0. The third-order valence-corrected chi connectivity index (χ3v) is 4.75. The summed E-state index contributed by atoms with van der Waals surface area (Å²) in [6.45, 7) is 7.06. The number of hydrogen-bond donors (Lipinski definition) is 3. The van der Waals surface area contributed by atoms with E-state index in [-0.39, 0.29) is 6.54 Å². The maximum absolute atomic E-state index is 12.3. The molecule has 0 bridgehead atoms. The van der Waals surface area contributed by atoms with E-state index in [1.54, 1.807) is 19.1 Å². The Morgan fingerprint density at radius 3 is 2.68 bits per heavy atom. The second-order valence-electron chi connectivity index (χ2n) is 5.21. The molecule has 4 N–H and O–H groups in total. The molecule has 1 rings (SSSR count). The van der Waals surface area contributed by atoms with Crippen molar-refractivity contribution < 1.29 is 8.42 Å². The molecule has 0 saturated heterocycles. The molecule has 0 aromatic heterocycles. The third-order valence-electron chi connectivity index (χ3n) is 3.15. The number of guanidine groups is 1. The maximum Gasteiger partial charge on any atom is 0.240 e. The van der Waals surface area contributed by atoms with Crippen LogP contribution < -0.4 is 15.8 Å². The molecule has 0 heterocycles. The smallest absolute Gasteiger partial charge is 0.240 e. The van der Waals surface area contributed by atoms with Crippen LogP contribution in [-0.2, 0) is 10.0 Å². The van der Waals surface area contributed by atoms with Crippen molar-refractivity contribution in [2.24, 2.45) is 10.7 Å². The molecule has 6 nitrogen and oxygen atoms in total. The van der Waals surface area contributed by atoms with Gasteiger partial charge in [0.25, 0.3) is 0 Å². The van der Waals surface area contributed by atoms with Crippen LogP contribution in [0.25, 0.3) is 0 Å². The zero-order valence-corrected chi connectivity index (χ0v) is 14.3. The van der Waals surface area contributed by atoms with E-state index >= 15 is 0 Å². The van der Waals surface area contributed by atoms with Gasteiger partial charge >= 0.3 is 0 Å². The molecule has 1 aromatic rings. The SMILES string of the molecule is CCCCN=C(N)NCCNS(=O)(=O)c1cc(C)ccc1C. The number of aryl methyl sites for hydroxylation is 2. The first-order valence-corrected chi connectivity index (χ1v) is 8.96. The fraction of sp³-hybridized carbons (Fsp3) is 0.533. The van der Waals surface area contributed by atoms with Crippen LogP contribution in [0.4, 0.5) is 0 Å². The number of unbranched alkanes of at least 4 members (excludes halogenated alkanes) is 1. The highest BCUT2D eigenvalue weighted by molar-refractivity contribution is 7.89. The molecule has 0 saturated carbocycles. The van der Waals surface area contributed by atoms with Crippen molar-refractivity contribution in [1.82, 2.24) is 10.0 Å². The Hall–Kier alpha value is -1.60. The minimum atomic E-state index is -3.50. The number of rotatable bonds is 8. The van der Waals surface area contributed by atoms with Gasteiger partial charge in [0.15, 0.2) is 5.96 Å². The number of nitrogens with zero attached hydrogens (tertiary/aromatic N) is 1. The first-order chi connectivity index (χ1) is 10.4. The monoisotopic (exact) mass is 326 g/mol. The second kappa shape index (κ2) is 8.75. The van der Waals surface area contributed by atoms with Gasteiger partial charge in [-0.15, -0.1) is 0 Å². The van der Waals surface area contributed by atoms with Gasteiger partial charge in [0.05, 0.1) is 4.90 Å². The highest BCUT2D eigenvalue weighted by atomic mass is 32.2. The van der Waals surface area contributed by atoms with Crippen LogP contribution in [0, 0.1) is 13.8 Å². The fourth-order valence-electron chi connectivity index (χ4n) is 1.86. The van der Waals surface area contributed by atoms with Crippen molar-refractivity contribution in [3.63, 3.8) is 0 Å². The molecule has 0 aliphatic rings. The predicted molar refractivity (Wildman–Crippen MR) is 90.5 cm³/mol. The van der Waals surface area contributed by atoms with Gasteiger partial charge in [-0.3, -0.25) is 4.99 Å². The lowest BCUT2D eigenvalue weighted by Gasteiger charge is -2.11. The van der Waals surface area contributed by atoms with E-state index in [1.165, 1.54) is 0 Å². The average molecular weight is 326 g/mol. The summed E-state index contributed by atoms with van der Waals surface area (Å²) in [6.07, 6.45) is 2.05. The Kier molecular flexibility index (Phi) is 7.34. The van der Waals surface area contributed by atoms with Crippen LogP contribution in [-0.4, -0.2) is 34.0 Å². The number of sulfonamides is 1. The molecule has 0 amide bonds. The molecule has 0 aliphatic heterocycles. The van der Waals surface area contributed by atoms with Crippen LogP contribution in [0.1, 0.15) is 30.9 Å². The van der Waals surface area contributed by atoms with E-state index in [0.717, 1.165) is 24.0 Å². The van der Waals surface area contributed by atoms with Crippen molar-refractivity contribution in [3.8, 4) is 0 Å². The number of benzene rings is 1.